The van der Waals surface area contributed by atoms with E-state index in [1.807, 2.05) is 68.4 Å². The second-order valence-corrected chi connectivity index (χ2v) is 8.28. The number of aryl methyl sites for hydroxylation is 1. The Morgan fingerprint density at radius 1 is 0.939 bits per heavy atom. The third-order valence-electron chi connectivity index (χ3n) is 5.56. The van der Waals surface area contributed by atoms with Crippen molar-refractivity contribution in [3.63, 3.8) is 0 Å². The van der Waals surface area contributed by atoms with Crippen molar-refractivity contribution in [2.45, 2.75) is 45.7 Å². The highest BCUT2D eigenvalue weighted by atomic mass is 19.1. The molecule has 1 N–H and O–H groups in total. The van der Waals surface area contributed by atoms with Crippen LogP contribution in [-0.4, -0.2) is 29.3 Å². The lowest BCUT2D eigenvalue weighted by Gasteiger charge is -2.32. The van der Waals surface area contributed by atoms with Crippen molar-refractivity contribution in [2.75, 3.05) is 6.54 Å². The summed E-state index contributed by atoms with van der Waals surface area (Å²) in [6.45, 7) is 4.78. The van der Waals surface area contributed by atoms with E-state index < -0.39 is 11.9 Å². The third-order valence-corrected chi connectivity index (χ3v) is 5.56. The van der Waals surface area contributed by atoms with Crippen LogP contribution >= 0.6 is 0 Å². The lowest BCUT2D eigenvalue weighted by atomic mass is 10.0. The quantitative estimate of drug-likeness (QED) is 0.484. The molecule has 0 fully saturated rings. The summed E-state index contributed by atoms with van der Waals surface area (Å²) >= 11 is 0. The van der Waals surface area contributed by atoms with Crippen LogP contribution in [0.1, 0.15) is 35.6 Å². The summed E-state index contributed by atoms with van der Waals surface area (Å²) in [5.74, 6) is -0.902. The van der Waals surface area contributed by atoms with Gasteiger partial charge in [0.1, 0.15) is 11.9 Å². The van der Waals surface area contributed by atoms with Crippen LogP contribution in [0.25, 0.3) is 0 Å². The number of carbonyl (C=O) groups excluding carboxylic acids is 2. The molecule has 3 aromatic rings. The van der Waals surface area contributed by atoms with Crippen LogP contribution in [0.15, 0.2) is 78.9 Å². The van der Waals surface area contributed by atoms with Crippen molar-refractivity contribution in [1.29, 1.82) is 0 Å². The molecule has 172 valence electrons. The number of hydrogen-bond donors (Lipinski definition) is 1. The zero-order valence-corrected chi connectivity index (χ0v) is 19.3. The van der Waals surface area contributed by atoms with Crippen molar-refractivity contribution >= 4 is 11.8 Å². The molecule has 0 saturated carbocycles. The fraction of sp³-hybridized carbons (Fsp3) is 0.286. The van der Waals surface area contributed by atoms with Crippen molar-refractivity contribution in [3.05, 3.63) is 107 Å². The zero-order valence-electron chi connectivity index (χ0n) is 19.3. The van der Waals surface area contributed by atoms with E-state index in [-0.39, 0.29) is 24.8 Å². The molecule has 33 heavy (non-hydrogen) atoms. The molecular formula is C28H31FN2O2. The van der Waals surface area contributed by atoms with E-state index in [4.69, 9.17) is 0 Å². The first-order valence-corrected chi connectivity index (χ1v) is 11.4. The maximum Gasteiger partial charge on any atom is 0.243 e. The van der Waals surface area contributed by atoms with Crippen LogP contribution in [0.4, 0.5) is 4.39 Å². The summed E-state index contributed by atoms with van der Waals surface area (Å²) in [6, 6.07) is 23.1. The lowest BCUT2D eigenvalue weighted by Crippen LogP contribution is -2.51. The Kier molecular flexibility index (Phi) is 8.76. The molecule has 4 nitrogen and oxygen atoms in total. The molecule has 0 radical (unpaired) electrons. The number of nitrogens with one attached hydrogen (secondary N) is 1. The monoisotopic (exact) mass is 446 g/mol. The lowest BCUT2D eigenvalue weighted by molar-refractivity contribution is -0.140. The van der Waals surface area contributed by atoms with Gasteiger partial charge in [-0.3, -0.25) is 9.59 Å². The number of rotatable bonds is 10. The molecular weight excluding hydrogens is 415 g/mol. The van der Waals surface area contributed by atoms with E-state index in [9.17, 15) is 14.0 Å². The van der Waals surface area contributed by atoms with Gasteiger partial charge in [0.25, 0.3) is 0 Å². The average molecular weight is 447 g/mol. The van der Waals surface area contributed by atoms with Crippen molar-refractivity contribution in [3.8, 4) is 0 Å². The summed E-state index contributed by atoms with van der Waals surface area (Å²) in [5, 5.41) is 2.95. The Hall–Kier alpha value is -3.47. The molecule has 0 spiro atoms. The first kappa shape index (κ1) is 24.2. The third kappa shape index (κ3) is 7.01. The van der Waals surface area contributed by atoms with Gasteiger partial charge in [0.05, 0.1) is 6.42 Å². The van der Waals surface area contributed by atoms with Gasteiger partial charge in [-0.1, -0.05) is 85.3 Å². The van der Waals surface area contributed by atoms with E-state index >= 15 is 0 Å². The largest absolute Gasteiger partial charge is 0.354 e. The molecule has 0 aliphatic carbocycles. The standard InChI is InChI=1S/C28H31FN2O2/c1-3-16-30-28(33)26(18-22-11-5-4-6-12-22)31(20-23-13-9-10-21(2)17-23)27(32)19-24-14-7-8-15-25(24)29/h4-15,17,26H,3,16,18-20H2,1-2H3,(H,30,33)/t26-/m1/s1. The van der Waals surface area contributed by atoms with Gasteiger partial charge in [-0.05, 0) is 36.1 Å². The fourth-order valence-corrected chi connectivity index (χ4v) is 3.83. The smallest absolute Gasteiger partial charge is 0.243 e. The van der Waals surface area contributed by atoms with Crippen LogP contribution in [0.3, 0.4) is 0 Å². The van der Waals surface area contributed by atoms with Gasteiger partial charge in [-0.25, -0.2) is 4.39 Å². The predicted molar refractivity (Wildman–Crippen MR) is 129 cm³/mol. The van der Waals surface area contributed by atoms with Gasteiger partial charge in [0.2, 0.25) is 11.8 Å². The van der Waals surface area contributed by atoms with Gasteiger partial charge >= 0.3 is 0 Å². The van der Waals surface area contributed by atoms with E-state index in [1.165, 1.54) is 6.07 Å². The topological polar surface area (TPSA) is 49.4 Å². The minimum Gasteiger partial charge on any atom is -0.354 e. The first-order valence-electron chi connectivity index (χ1n) is 11.4. The van der Waals surface area contributed by atoms with E-state index in [1.54, 1.807) is 23.1 Å². The average Bonchev–Trinajstić information content (AvgIpc) is 2.82. The molecule has 0 heterocycles. The van der Waals surface area contributed by atoms with E-state index in [0.29, 0.717) is 18.5 Å². The number of carbonyl (C=O) groups is 2. The Labute approximate surface area is 195 Å². The molecule has 0 bridgehead atoms. The number of benzene rings is 3. The van der Waals surface area contributed by atoms with Crippen LogP contribution < -0.4 is 5.32 Å². The molecule has 1 atom stereocenters. The van der Waals surface area contributed by atoms with Crippen LogP contribution in [-0.2, 0) is 29.0 Å². The molecule has 3 rings (SSSR count). The molecule has 3 aromatic carbocycles. The molecule has 2 amide bonds. The van der Waals surface area contributed by atoms with Gasteiger partial charge in [0, 0.05) is 19.5 Å². The molecule has 0 saturated heterocycles. The Bertz CT molecular complexity index is 1070. The normalized spacial score (nSPS) is 11.6. The van der Waals surface area contributed by atoms with Gasteiger partial charge in [-0.2, -0.15) is 0 Å². The summed E-state index contributed by atoms with van der Waals surface area (Å²) in [6.07, 6.45) is 1.07. The minimum atomic E-state index is -0.710. The minimum absolute atomic E-state index is 0.106. The van der Waals surface area contributed by atoms with E-state index in [2.05, 4.69) is 5.32 Å². The highest BCUT2D eigenvalue weighted by molar-refractivity contribution is 5.88. The second kappa shape index (κ2) is 12.0. The fourth-order valence-electron chi connectivity index (χ4n) is 3.83. The summed E-state index contributed by atoms with van der Waals surface area (Å²) in [5.41, 5.74) is 3.29. The van der Waals surface area contributed by atoms with Crippen LogP contribution in [0.2, 0.25) is 0 Å². The Morgan fingerprint density at radius 3 is 2.33 bits per heavy atom. The highest BCUT2D eigenvalue weighted by Crippen LogP contribution is 2.18. The van der Waals surface area contributed by atoms with Crippen LogP contribution in [0.5, 0.6) is 0 Å². The molecule has 0 aliphatic heterocycles. The Morgan fingerprint density at radius 2 is 1.64 bits per heavy atom. The number of nitrogens with zero attached hydrogens (tertiary/aromatic N) is 1. The number of amides is 2. The SMILES string of the molecule is CCCNC(=O)[C@@H](Cc1ccccc1)N(Cc1cccc(C)c1)C(=O)Cc1ccccc1F. The van der Waals surface area contributed by atoms with Crippen molar-refractivity contribution < 1.29 is 14.0 Å². The zero-order chi connectivity index (χ0) is 23.6. The molecule has 0 unspecified atom stereocenters. The summed E-state index contributed by atoms with van der Waals surface area (Å²) in [4.78, 5) is 28.4. The van der Waals surface area contributed by atoms with Gasteiger partial charge in [0.15, 0.2) is 0 Å². The predicted octanol–water partition coefficient (Wildman–Crippen LogP) is 4.84. The maximum absolute atomic E-state index is 14.3. The molecule has 0 aromatic heterocycles. The van der Waals surface area contributed by atoms with Crippen molar-refractivity contribution in [2.24, 2.45) is 0 Å². The summed E-state index contributed by atoms with van der Waals surface area (Å²) in [7, 11) is 0. The maximum atomic E-state index is 14.3. The first-order chi connectivity index (χ1) is 16.0. The number of hydrogen-bond acceptors (Lipinski definition) is 2. The number of halogens is 1. The van der Waals surface area contributed by atoms with Gasteiger partial charge in [-0.15, -0.1) is 0 Å². The highest BCUT2D eigenvalue weighted by Gasteiger charge is 2.30. The second-order valence-electron chi connectivity index (χ2n) is 8.28. The summed E-state index contributed by atoms with van der Waals surface area (Å²) < 4.78 is 14.3. The molecule has 5 heteroatoms. The van der Waals surface area contributed by atoms with E-state index in [0.717, 1.165) is 23.1 Å². The van der Waals surface area contributed by atoms with Gasteiger partial charge < -0.3 is 10.2 Å². The van der Waals surface area contributed by atoms with Crippen molar-refractivity contribution in [1.82, 2.24) is 10.2 Å². The van der Waals surface area contributed by atoms with Crippen LogP contribution in [0, 0.1) is 12.7 Å². The Balaban J connectivity index is 1.96. The molecule has 0 aliphatic rings.